The summed E-state index contributed by atoms with van der Waals surface area (Å²) in [5.41, 5.74) is 3.96. The number of hydrogen-bond acceptors (Lipinski definition) is 1. The van der Waals surface area contributed by atoms with Gasteiger partial charge in [0.05, 0.1) is 0 Å². The minimum Gasteiger partial charge on any atom is -0.307 e. The number of aryl methyl sites for hydroxylation is 1. The zero-order valence-electron chi connectivity index (χ0n) is 11.6. The number of nitrogens with one attached hydrogen (secondary N) is 1. The van der Waals surface area contributed by atoms with Crippen molar-refractivity contribution in [3.63, 3.8) is 0 Å². The minimum atomic E-state index is 0.377. The van der Waals surface area contributed by atoms with Gasteiger partial charge in [0, 0.05) is 12.6 Å². The van der Waals surface area contributed by atoms with Gasteiger partial charge in [-0.2, -0.15) is 0 Å². The molecule has 0 aromatic heterocycles. The van der Waals surface area contributed by atoms with Crippen LogP contribution in [0.25, 0.3) is 6.08 Å². The molecule has 2 rings (SSSR count). The van der Waals surface area contributed by atoms with E-state index >= 15 is 0 Å². The first-order valence-electron chi connectivity index (χ1n) is 6.78. The van der Waals surface area contributed by atoms with Gasteiger partial charge in [-0.1, -0.05) is 66.7 Å². The SMILES string of the molecule is Cc1ccccc1[C@H](C)NC/C=C/c1ccccc1. The molecule has 98 valence electrons. The molecule has 1 heteroatoms. The summed E-state index contributed by atoms with van der Waals surface area (Å²) in [5.74, 6) is 0. The maximum absolute atomic E-state index is 3.52. The first-order valence-corrected chi connectivity index (χ1v) is 6.78. The molecule has 2 aromatic carbocycles. The second-order valence-corrected chi connectivity index (χ2v) is 4.80. The lowest BCUT2D eigenvalue weighted by atomic mass is 10.0. The first-order chi connectivity index (χ1) is 9.27. The van der Waals surface area contributed by atoms with Crippen molar-refractivity contribution in [2.75, 3.05) is 6.54 Å². The van der Waals surface area contributed by atoms with E-state index in [1.807, 2.05) is 6.07 Å². The second-order valence-electron chi connectivity index (χ2n) is 4.80. The molecular weight excluding hydrogens is 230 g/mol. The fraction of sp³-hybridized carbons (Fsp3) is 0.222. The normalized spacial score (nSPS) is 12.7. The third-order valence-electron chi connectivity index (χ3n) is 3.31. The Morgan fingerprint density at radius 2 is 1.68 bits per heavy atom. The third-order valence-corrected chi connectivity index (χ3v) is 3.31. The van der Waals surface area contributed by atoms with Crippen LogP contribution in [0.15, 0.2) is 60.7 Å². The maximum atomic E-state index is 3.52. The summed E-state index contributed by atoms with van der Waals surface area (Å²) in [7, 11) is 0. The van der Waals surface area contributed by atoms with Gasteiger partial charge in [0.25, 0.3) is 0 Å². The predicted molar refractivity (Wildman–Crippen MR) is 83.1 cm³/mol. The molecule has 0 aliphatic heterocycles. The smallest absolute Gasteiger partial charge is 0.0297 e. The molecule has 1 N–H and O–H groups in total. The largest absolute Gasteiger partial charge is 0.307 e. The molecule has 0 aliphatic carbocycles. The minimum absolute atomic E-state index is 0.377. The average Bonchev–Trinajstić information content (AvgIpc) is 2.45. The zero-order chi connectivity index (χ0) is 13.5. The van der Waals surface area contributed by atoms with Gasteiger partial charge in [-0.25, -0.2) is 0 Å². The van der Waals surface area contributed by atoms with Crippen LogP contribution < -0.4 is 5.32 Å². The highest BCUT2D eigenvalue weighted by Gasteiger charge is 2.05. The van der Waals surface area contributed by atoms with E-state index in [9.17, 15) is 0 Å². The summed E-state index contributed by atoms with van der Waals surface area (Å²) >= 11 is 0. The van der Waals surface area contributed by atoms with Crippen molar-refractivity contribution in [1.29, 1.82) is 0 Å². The Hall–Kier alpha value is -1.86. The van der Waals surface area contributed by atoms with Crippen molar-refractivity contribution in [1.82, 2.24) is 5.32 Å². The van der Waals surface area contributed by atoms with Crippen molar-refractivity contribution >= 4 is 6.08 Å². The van der Waals surface area contributed by atoms with Gasteiger partial charge in [0.2, 0.25) is 0 Å². The molecular formula is C18H21N. The molecule has 0 saturated carbocycles. The van der Waals surface area contributed by atoms with Crippen LogP contribution >= 0.6 is 0 Å². The lowest BCUT2D eigenvalue weighted by Crippen LogP contribution is -2.19. The number of hydrogen-bond donors (Lipinski definition) is 1. The molecule has 1 nitrogen and oxygen atoms in total. The Morgan fingerprint density at radius 1 is 1.00 bits per heavy atom. The van der Waals surface area contributed by atoms with Crippen LogP contribution in [0.3, 0.4) is 0 Å². The molecule has 0 bridgehead atoms. The summed E-state index contributed by atoms with van der Waals surface area (Å²) in [4.78, 5) is 0. The number of rotatable bonds is 5. The number of benzene rings is 2. The van der Waals surface area contributed by atoms with Gasteiger partial charge < -0.3 is 5.32 Å². The van der Waals surface area contributed by atoms with Gasteiger partial charge in [-0.3, -0.25) is 0 Å². The second kappa shape index (κ2) is 6.91. The fourth-order valence-corrected chi connectivity index (χ4v) is 2.19. The highest BCUT2D eigenvalue weighted by Crippen LogP contribution is 2.16. The molecule has 19 heavy (non-hydrogen) atoms. The highest BCUT2D eigenvalue weighted by atomic mass is 14.9. The summed E-state index contributed by atoms with van der Waals surface area (Å²) < 4.78 is 0. The van der Waals surface area contributed by atoms with Crippen LogP contribution in [-0.2, 0) is 0 Å². The Labute approximate surface area is 116 Å². The molecule has 0 amide bonds. The lowest BCUT2D eigenvalue weighted by molar-refractivity contribution is 0.615. The van der Waals surface area contributed by atoms with E-state index < -0.39 is 0 Å². The van der Waals surface area contributed by atoms with E-state index in [1.165, 1.54) is 16.7 Å². The zero-order valence-corrected chi connectivity index (χ0v) is 11.6. The molecule has 0 fully saturated rings. The summed E-state index contributed by atoms with van der Waals surface area (Å²) in [5, 5.41) is 3.52. The van der Waals surface area contributed by atoms with E-state index in [1.54, 1.807) is 0 Å². The van der Waals surface area contributed by atoms with Gasteiger partial charge in [0.1, 0.15) is 0 Å². The maximum Gasteiger partial charge on any atom is 0.0297 e. The van der Waals surface area contributed by atoms with Crippen LogP contribution in [0.5, 0.6) is 0 Å². The molecule has 0 saturated heterocycles. The molecule has 1 atom stereocenters. The van der Waals surface area contributed by atoms with Crippen molar-refractivity contribution in [2.24, 2.45) is 0 Å². The van der Waals surface area contributed by atoms with E-state index in [0.717, 1.165) is 6.54 Å². The molecule has 0 radical (unpaired) electrons. The van der Waals surface area contributed by atoms with Gasteiger partial charge in [0.15, 0.2) is 0 Å². The van der Waals surface area contributed by atoms with E-state index in [2.05, 4.69) is 79.8 Å². The topological polar surface area (TPSA) is 12.0 Å². The summed E-state index contributed by atoms with van der Waals surface area (Å²) in [6.07, 6.45) is 4.32. The van der Waals surface area contributed by atoms with Crippen molar-refractivity contribution in [2.45, 2.75) is 19.9 Å². The fourth-order valence-electron chi connectivity index (χ4n) is 2.19. The first kappa shape index (κ1) is 13.6. The van der Waals surface area contributed by atoms with Gasteiger partial charge in [-0.15, -0.1) is 0 Å². The molecule has 2 aromatic rings. The molecule has 0 unspecified atom stereocenters. The third kappa shape index (κ3) is 4.08. The Bertz CT molecular complexity index is 528. The molecule has 0 aliphatic rings. The molecule has 0 spiro atoms. The summed E-state index contributed by atoms with van der Waals surface area (Å²) in [6.45, 7) is 5.25. The van der Waals surface area contributed by atoms with Crippen LogP contribution in [-0.4, -0.2) is 6.54 Å². The Balaban J connectivity index is 1.86. The van der Waals surface area contributed by atoms with E-state index in [4.69, 9.17) is 0 Å². The van der Waals surface area contributed by atoms with Crippen LogP contribution in [0.1, 0.15) is 29.7 Å². The van der Waals surface area contributed by atoms with Crippen LogP contribution in [0, 0.1) is 6.92 Å². The quantitative estimate of drug-likeness (QED) is 0.832. The van der Waals surface area contributed by atoms with Crippen molar-refractivity contribution in [3.05, 3.63) is 77.4 Å². The predicted octanol–water partition coefficient (Wildman–Crippen LogP) is 4.36. The Kier molecular flexibility index (Phi) is 4.93. The van der Waals surface area contributed by atoms with Crippen LogP contribution in [0.2, 0.25) is 0 Å². The molecule has 0 heterocycles. The van der Waals surface area contributed by atoms with Crippen molar-refractivity contribution in [3.8, 4) is 0 Å². The summed E-state index contributed by atoms with van der Waals surface area (Å²) in [6, 6.07) is 19.3. The highest BCUT2D eigenvalue weighted by molar-refractivity contribution is 5.48. The Morgan fingerprint density at radius 3 is 2.42 bits per heavy atom. The lowest BCUT2D eigenvalue weighted by Gasteiger charge is -2.15. The monoisotopic (exact) mass is 251 g/mol. The average molecular weight is 251 g/mol. The van der Waals surface area contributed by atoms with Gasteiger partial charge in [-0.05, 0) is 30.5 Å². The van der Waals surface area contributed by atoms with Crippen molar-refractivity contribution < 1.29 is 0 Å². The van der Waals surface area contributed by atoms with Gasteiger partial charge >= 0.3 is 0 Å². The van der Waals surface area contributed by atoms with Crippen LogP contribution in [0.4, 0.5) is 0 Å². The van der Waals surface area contributed by atoms with E-state index in [0.29, 0.717) is 6.04 Å². The van der Waals surface area contributed by atoms with E-state index in [-0.39, 0.29) is 0 Å². The standard InChI is InChI=1S/C18H21N/c1-15-9-6-7-13-18(15)16(2)19-14-8-12-17-10-4-3-5-11-17/h3-13,16,19H,14H2,1-2H3/b12-8+/t16-/m0/s1.